The van der Waals surface area contributed by atoms with Crippen molar-refractivity contribution in [2.24, 2.45) is 0 Å². The van der Waals surface area contributed by atoms with Gasteiger partial charge in [0, 0.05) is 10.1 Å². The molecule has 2 N–H and O–H groups in total. The Labute approximate surface area is 137 Å². The molecule has 0 radical (unpaired) electrons. The number of anilines is 1. The Bertz CT molecular complexity index is 551. The first kappa shape index (κ1) is 15.4. The van der Waals surface area contributed by atoms with Crippen molar-refractivity contribution in [1.82, 2.24) is 0 Å². The van der Waals surface area contributed by atoms with Crippen molar-refractivity contribution >= 4 is 39.9 Å². The zero-order chi connectivity index (χ0) is 14.4. The highest BCUT2D eigenvalue weighted by molar-refractivity contribution is 14.1. The van der Waals surface area contributed by atoms with Gasteiger partial charge in [0.05, 0.1) is 10.7 Å². The fourth-order valence-corrected chi connectivity index (χ4v) is 2.55. The first-order valence-electron chi connectivity index (χ1n) is 6.20. The predicted octanol–water partition coefficient (Wildman–Crippen LogP) is 3.80. The molecule has 0 bridgehead atoms. The van der Waals surface area contributed by atoms with Crippen LogP contribution in [0.15, 0.2) is 48.5 Å². The van der Waals surface area contributed by atoms with Crippen LogP contribution in [0.4, 0.5) is 5.69 Å². The molecule has 5 heteroatoms. The molecule has 1 unspecified atom stereocenters. The smallest absolute Gasteiger partial charge is 0.119 e. The van der Waals surface area contributed by atoms with Gasteiger partial charge in [0.2, 0.25) is 0 Å². The van der Waals surface area contributed by atoms with Crippen molar-refractivity contribution in [1.29, 1.82) is 0 Å². The monoisotopic (exact) mass is 403 g/mol. The quantitative estimate of drug-likeness (QED) is 0.721. The second-order valence-corrected chi connectivity index (χ2v) is 5.94. The van der Waals surface area contributed by atoms with Gasteiger partial charge in [0.25, 0.3) is 0 Å². The predicted molar refractivity (Wildman–Crippen MR) is 90.6 cm³/mol. The van der Waals surface area contributed by atoms with E-state index in [4.69, 9.17) is 16.3 Å². The van der Waals surface area contributed by atoms with Crippen molar-refractivity contribution in [3.8, 4) is 5.75 Å². The van der Waals surface area contributed by atoms with Crippen molar-refractivity contribution in [2.45, 2.75) is 6.10 Å². The molecule has 106 valence electrons. The van der Waals surface area contributed by atoms with Gasteiger partial charge in [0.15, 0.2) is 0 Å². The summed E-state index contributed by atoms with van der Waals surface area (Å²) in [5.41, 5.74) is 0.811. The van der Waals surface area contributed by atoms with E-state index >= 15 is 0 Å². The molecule has 0 aliphatic heterocycles. The van der Waals surface area contributed by atoms with Gasteiger partial charge in [-0.15, -0.1) is 0 Å². The second-order valence-electron chi connectivity index (χ2n) is 4.28. The van der Waals surface area contributed by atoms with Crippen LogP contribution < -0.4 is 10.1 Å². The van der Waals surface area contributed by atoms with Crippen LogP contribution >= 0.6 is 34.2 Å². The Balaban J connectivity index is 1.79. The number of nitrogens with one attached hydrogen (secondary N) is 1. The van der Waals surface area contributed by atoms with E-state index in [9.17, 15) is 5.11 Å². The highest BCUT2D eigenvalue weighted by atomic mass is 127. The van der Waals surface area contributed by atoms with Crippen LogP contribution in [0.5, 0.6) is 5.75 Å². The Kier molecular flexibility index (Phi) is 5.94. The van der Waals surface area contributed by atoms with Crippen LogP contribution in [0.25, 0.3) is 0 Å². The van der Waals surface area contributed by atoms with Gasteiger partial charge < -0.3 is 15.2 Å². The Morgan fingerprint density at radius 2 is 1.95 bits per heavy atom. The Morgan fingerprint density at radius 3 is 2.65 bits per heavy atom. The van der Waals surface area contributed by atoms with Crippen molar-refractivity contribution in [3.63, 3.8) is 0 Å². The van der Waals surface area contributed by atoms with Gasteiger partial charge in [-0.25, -0.2) is 0 Å². The van der Waals surface area contributed by atoms with Crippen LogP contribution in [-0.4, -0.2) is 24.4 Å². The van der Waals surface area contributed by atoms with Crippen molar-refractivity contribution in [3.05, 3.63) is 57.1 Å². The number of aliphatic hydroxyl groups excluding tert-OH is 1. The summed E-state index contributed by atoms with van der Waals surface area (Å²) in [6.07, 6.45) is -0.606. The maximum absolute atomic E-state index is 9.89. The lowest BCUT2D eigenvalue weighted by atomic mass is 10.3. The van der Waals surface area contributed by atoms with Crippen LogP contribution in [0, 0.1) is 3.57 Å². The topological polar surface area (TPSA) is 41.5 Å². The molecule has 2 rings (SSSR count). The van der Waals surface area contributed by atoms with Gasteiger partial charge in [-0.1, -0.05) is 29.8 Å². The molecule has 1 atom stereocenters. The number of rotatable bonds is 6. The number of hydrogen-bond donors (Lipinski definition) is 2. The molecule has 3 nitrogen and oxygen atoms in total. The molecular formula is C15H15ClINO2. The number of hydrogen-bond acceptors (Lipinski definition) is 3. The first-order chi connectivity index (χ1) is 9.65. The summed E-state index contributed by atoms with van der Waals surface area (Å²) in [6.45, 7) is 0.617. The van der Waals surface area contributed by atoms with E-state index in [0.29, 0.717) is 11.6 Å². The normalized spacial score (nSPS) is 11.9. The SMILES string of the molecule is OC(CNc1ccc(I)cc1Cl)COc1ccccc1. The zero-order valence-electron chi connectivity index (χ0n) is 10.7. The summed E-state index contributed by atoms with van der Waals surface area (Å²) in [5.74, 6) is 0.749. The lowest BCUT2D eigenvalue weighted by molar-refractivity contribution is 0.117. The minimum absolute atomic E-state index is 0.235. The molecule has 2 aromatic rings. The van der Waals surface area contributed by atoms with Gasteiger partial charge >= 0.3 is 0 Å². The molecule has 0 saturated carbocycles. The standard InChI is InChI=1S/C15H15ClINO2/c16-14-8-11(17)6-7-15(14)18-9-12(19)10-20-13-4-2-1-3-5-13/h1-8,12,18-19H,9-10H2. The minimum Gasteiger partial charge on any atom is -0.491 e. The van der Waals surface area contributed by atoms with Crippen LogP contribution in [0.3, 0.4) is 0 Å². The second kappa shape index (κ2) is 7.71. The highest BCUT2D eigenvalue weighted by Crippen LogP contribution is 2.23. The van der Waals surface area contributed by atoms with E-state index in [1.54, 1.807) is 0 Å². The molecule has 0 aliphatic carbocycles. The average Bonchev–Trinajstić information content (AvgIpc) is 2.45. The number of aliphatic hydroxyl groups is 1. The van der Waals surface area contributed by atoms with E-state index in [1.165, 1.54) is 0 Å². The summed E-state index contributed by atoms with van der Waals surface area (Å²) in [5, 5.41) is 13.6. The van der Waals surface area contributed by atoms with E-state index in [-0.39, 0.29) is 6.61 Å². The summed E-state index contributed by atoms with van der Waals surface area (Å²) >= 11 is 8.31. The average molecular weight is 404 g/mol. The maximum atomic E-state index is 9.89. The molecule has 0 saturated heterocycles. The van der Waals surface area contributed by atoms with Gasteiger partial charge in [-0.2, -0.15) is 0 Å². The molecule has 2 aromatic carbocycles. The molecule has 0 aromatic heterocycles. The van der Waals surface area contributed by atoms with Crippen molar-refractivity contribution < 1.29 is 9.84 Å². The van der Waals surface area contributed by atoms with E-state index < -0.39 is 6.10 Å². The summed E-state index contributed by atoms with van der Waals surface area (Å²) in [6, 6.07) is 15.2. The van der Waals surface area contributed by atoms with Gasteiger partial charge in [-0.3, -0.25) is 0 Å². The molecule has 0 heterocycles. The number of para-hydroxylation sites is 1. The molecule has 20 heavy (non-hydrogen) atoms. The molecule has 0 aliphatic rings. The fraction of sp³-hybridized carbons (Fsp3) is 0.200. The lowest BCUT2D eigenvalue weighted by Crippen LogP contribution is -2.26. The van der Waals surface area contributed by atoms with E-state index in [1.807, 2.05) is 48.5 Å². The summed E-state index contributed by atoms with van der Waals surface area (Å²) < 4.78 is 6.56. The minimum atomic E-state index is -0.606. The van der Waals surface area contributed by atoms with E-state index in [0.717, 1.165) is 15.0 Å². The summed E-state index contributed by atoms with van der Waals surface area (Å²) in [7, 11) is 0. The fourth-order valence-electron chi connectivity index (χ4n) is 1.63. The number of ether oxygens (including phenoxy) is 1. The van der Waals surface area contributed by atoms with Crippen LogP contribution in [0.1, 0.15) is 0 Å². The summed E-state index contributed by atoms with van der Waals surface area (Å²) in [4.78, 5) is 0. The number of benzene rings is 2. The highest BCUT2D eigenvalue weighted by Gasteiger charge is 2.07. The Hall–Kier alpha value is -0.980. The largest absolute Gasteiger partial charge is 0.491 e. The van der Waals surface area contributed by atoms with E-state index in [2.05, 4.69) is 27.9 Å². The van der Waals surface area contributed by atoms with Gasteiger partial charge in [-0.05, 0) is 52.9 Å². The third-order valence-electron chi connectivity index (χ3n) is 2.64. The van der Waals surface area contributed by atoms with Crippen LogP contribution in [-0.2, 0) is 0 Å². The molecular weight excluding hydrogens is 389 g/mol. The lowest BCUT2D eigenvalue weighted by Gasteiger charge is -2.14. The van der Waals surface area contributed by atoms with Gasteiger partial charge in [0.1, 0.15) is 18.5 Å². The zero-order valence-corrected chi connectivity index (χ0v) is 13.6. The molecule has 0 fully saturated rings. The molecule has 0 spiro atoms. The Morgan fingerprint density at radius 1 is 1.20 bits per heavy atom. The third kappa shape index (κ3) is 4.85. The van der Waals surface area contributed by atoms with Crippen molar-refractivity contribution in [2.75, 3.05) is 18.5 Å². The number of halogens is 2. The third-order valence-corrected chi connectivity index (χ3v) is 3.63. The first-order valence-corrected chi connectivity index (χ1v) is 7.65. The molecule has 0 amide bonds. The maximum Gasteiger partial charge on any atom is 0.119 e. The van der Waals surface area contributed by atoms with Crippen LogP contribution in [0.2, 0.25) is 5.02 Å².